The Morgan fingerprint density at radius 3 is 2.94 bits per heavy atom. The zero-order chi connectivity index (χ0) is 12.4. The van der Waals surface area contributed by atoms with Crippen molar-refractivity contribution in [1.82, 2.24) is 0 Å². The third-order valence-corrected chi connectivity index (χ3v) is 3.17. The minimum absolute atomic E-state index is 0.0122. The molecule has 0 aromatic heterocycles. The Labute approximate surface area is 108 Å². The maximum absolute atomic E-state index is 11.6. The second kappa shape index (κ2) is 4.87. The van der Waals surface area contributed by atoms with Crippen molar-refractivity contribution in [2.45, 2.75) is 6.92 Å². The van der Waals surface area contributed by atoms with Gasteiger partial charge in [0.05, 0.1) is 11.0 Å². The van der Waals surface area contributed by atoms with Crippen LogP contribution in [0.25, 0.3) is 0 Å². The van der Waals surface area contributed by atoms with Crippen LogP contribution in [0.3, 0.4) is 0 Å². The van der Waals surface area contributed by atoms with E-state index in [1.807, 2.05) is 6.92 Å². The van der Waals surface area contributed by atoms with Crippen molar-refractivity contribution in [3.05, 3.63) is 23.8 Å². The average Bonchev–Trinajstić information content (AvgIpc) is 2.37. The fourth-order valence-electron chi connectivity index (χ4n) is 1.80. The molecule has 90 valence electrons. The summed E-state index contributed by atoms with van der Waals surface area (Å²) in [6, 6.07) is 5.16. The third kappa shape index (κ3) is 2.20. The average molecular weight is 298 g/mol. The number of carbonyl (C=O) groups is 2. The molecule has 17 heavy (non-hydrogen) atoms. The van der Waals surface area contributed by atoms with Gasteiger partial charge in [-0.05, 0) is 25.1 Å². The first-order valence-electron chi connectivity index (χ1n) is 5.33. The van der Waals surface area contributed by atoms with E-state index >= 15 is 0 Å². The van der Waals surface area contributed by atoms with Gasteiger partial charge in [-0.1, -0.05) is 15.9 Å². The molecule has 0 spiro atoms. The van der Waals surface area contributed by atoms with Gasteiger partial charge in [-0.3, -0.25) is 9.59 Å². The summed E-state index contributed by atoms with van der Waals surface area (Å²) in [7, 11) is 0. The molecule has 0 unspecified atom stereocenters. The largest absolute Gasteiger partial charge is 0.482 e. The van der Waals surface area contributed by atoms with Crippen LogP contribution in [0.4, 0.5) is 5.69 Å². The number of Topliss-reactive ketones (excluding diaryl/α,β-unsaturated/α-hetero) is 1. The number of ether oxygens (including phenoxy) is 1. The molecule has 1 aliphatic heterocycles. The zero-order valence-electron chi connectivity index (χ0n) is 9.40. The molecule has 0 radical (unpaired) electrons. The van der Waals surface area contributed by atoms with Crippen molar-refractivity contribution < 1.29 is 14.3 Å². The third-order valence-electron chi connectivity index (χ3n) is 2.66. The molecule has 0 aliphatic carbocycles. The number of fused-ring (bicyclic) bond motifs is 1. The number of halogens is 1. The van der Waals surface area contributed by atoms with Crippen molar-refractivity contribution in [3.63, 3.8) is 0 Å². The van der Waals surface area contributed by atoms with Gasteiger partial charge < -0.3 is 9.64 Å². The summed E-state index contributed by atoms with van der Waals surface area (Å²) in [5.74, 6) is 0.558. The second-order valence-electron chi connectivity index (χ2n) is 3.67. The van der Waals surface area contributed by atoms with Gasteiger partial charge >= 0.3 is 0 Å². The minimum Gasteiger partial charge on any atom is -0.482 e. The lowest BCUT2D eigenvalue weighted by molar-refractivity contribution is -0.121. The van der Waals surface area contributed by atoms with Crippen LogP contribution < -0.4 is 9.64 Å². The smallest absolute Gasteiger partial charge is 0.265 e. The molecule has 1 aromatic carbocycles. The van der Waals surface area contributed by atoms with Crippen LogP contribution in [0.1, 0.15) is 17.3 Å². The predicted octanol–water partition coefficient (Wildman–Crippen LogP) is 2.01. The molecule has 0 atom stereocenters. The summed E-state index contributed by atoms with van der Waals surface area (Å²) >= 11 is 3.13. The Morgan fingerprint density at radius 1 is 1.53 bits per heavy atom. The lowest BCUT2D eigenvalue weighted by Gasteiger charge is -2.28. The van der Waals surface area contributed by atoms with E-state index in [4.69, 9.17) is 4.74 Å². The van der Waals surface area contributed by atoms with Crippen LogP contribution in [0.2, 0.25) is 0 Å². The van der Waals surface area contributed by atoms with Gasteiger partial charge in [0.25, 0.3) is 5.91 Å². The molecule has 0 saturated carbocycles. The van der Waals surface area contributed by atoms with E-state index in [9.17, 15) is 9.59 Å². The van der Waals surface area contributed by atoms with E-state index in [0.29, 0.717) is 23.5 Å². The van der Waals surface area contributed by atoms with E-state index in [1.54, 1.807) is 23.1 Å². The maximum atomic E-state index is 11.6. The molecule has 0 N–H and O–H groups in total. The minimum atomic E-state index is -0.0801. The number of alkyl halides is 1. The van der Waals surface area contributed by atoms with Crippen LogP contribution in [0.15, 0.2) is 18.2 Å². The number of rotatable bonds is 3. The second-order valence-corrected chi connectivity index (χ2v) is 4.23. The number of benzene rings is 1. The van der Waals surface area contributed by atoms with Crippen LogP contribution >= 0.6 is 15.9 Å². The molecular formula is C12H12BrNO3. The van der Waals surface area contributed by atoms with Gasteiger partial charge in [0, 0.05) is 12.1 Å². The molecule has 1 aliphatic rings. The van der Waals surface area contributed by atoms with Crippen LogP contribution in [0, 0.1) is 0 Å². The normalized spacial score (nSPS) is 14.2. The molecule has 4 nitrogen and oxygen atoms in total. The number of amides is 1. The fourth-order valence-corrected chi connectivity index (χ4v) is 2.12. The number of ketones is 1. The van der Waals surface area contributed by atoms with Gasteiger partial charge in [0.2, 0.25) is 0 Å². The SMILES string of the molecule is CCN1C(=O)COc2ccc(C(=O)CBr)cc21. The van der Waals surface area contributed by atoms with Gasteiger partial charge in [0.1, 0.15) is 5.75 Å². The highest BCUT2D eigenvalue weighted by Gasteiger charge is 2.24. The van der Waals surface area contributed by atoms with Crippen LogP contribution in [-0.2, 0) is 4.79 Å². The summed E-state index contributed by atoms with van der Waals surface area (Å²) < 4.78 is 5.32. The van der Waals surface area contributed by atoms with Crippen LogP contribution in [0.5, 0.6) is 5.75 Å². The van der Waals surface area contributed by atoms with E-state index in [0.717, 1.165) is 0 Å². The topological polar surface area (TPSA) is 46.6 Å². The van der Waals surface area contributed by atoms with E-state index < -0.39 is 0 Å². The standard InChI is InChI=1S/C12H12BrNO3/c1-2-14-9-5-8(10(15)6-13)3-4-11(9)17-7-12(14)16/h3-5H,2,6-7H2,1H3. The van der Waals surface area contributed by atoms with E-state index in [1.165, 1.54) is 0 Å². The van der Waals surface area contributed by atoms with E-state index in [2.05, 4.69) is 15.9 Å². The Bertz CT molecular complexity index is 473. The highest BCUT2D eigenvalue weighted by Crippen LogP contribution is 2.32. The Morgan fingerprint density at radius 2 is 2.29 bits per heavy atom. The Hall–Kier alpha value is -1.36. The monoisotopic (exact) mass is 297 g/mol. The number of hydrogen-bond acceptors (Lipinski definition) is 3. The van der Waals surface area contributed by atoms with Crippen molar-refractivity contribution in [2.24, 2.45) is 0 Å². The molecule has 1 heterocycles. The van der Waals surface area contributed by atoms with Crippen molar-refractivity contribution in [1.29, 1.82) is 0 Å². The molecule has 5 heteroatoms. The summed E-state index contributed by atoms with van der Waals surface area (Å²) in [4.78, 5) is 24.9. The Kier molecular flexibility index (Phi) is 3.47. The first-order valence-corrected chi connectivity index (χ1v) is 6.46. The quantitative estimate of drug-likeness (QED) is 0.633. The first-order chi connectivity index (χ1) is 8.17. The van der Waals surface area contributed by atoms with Gasteiger partial charge in [0.15, 0.2) is 12.4 Å². The molecule has 2 rings (SSSR count). The van der Waals surface area contributed by atoms with Gasteiger partial charge in [-0.2, -0.15) is 0 Å². The van der Waals surface area contributed by atoms with Crippen molar-refractivity contribution in [2.75, 3.05) is 23.4 Å². The summed E-state index contributed by atoms with van der Waals surface area (Å²) in [5.41, 5.74) is 1.26. The van der Waals surface area contributed by atoms with Crippen molar-refractivity contribution >= 4 is 33.3 Å². The summed E-state index contributed by atoms with van der Waals surface area (Å²) in [5, 5.41) is 0.271. The number of likely N-dealkylation sites (N-methyl/N-ethyl adjacent to an activating group) is 1. The molecule has 0 bridgehead atoms. The first kappa shape index (κ1) is 12.1. The lowest BCUT2D eigenvalue weighted by atomic mass is 10.1. The van der Waals surface area contributed by atoms with Crippen LogP contribution in [-0.4, -0.2) is 30.2 Å². The maximum Gasteiger partial charge on any atom is 0.265 e. The molecule has 0 fully saturated rings. The number of hydrogen-bond donors (Lipinski definition) is 0. The number of nitrogens with zero attached hydrogens (tertiary/aromatic N) is 1. The fraction of sp³-hybridized carbons (Fsp3) is 0.333. The predicted molar refractivity (Wildman–Crippen MR) is 68.1 cm³/mol. The summed E-state index contributed by atoms with van der Waals surface area (Å²) in [6.07, 6.45) is 0. The highest BCUT2D eigenvalue weighted by molar-refractivity contribution is 9.09. The molecule has 0 saturated heterocycles. The number of carbonyl (C=O) groups excluding carboxylic acids is 2. The molecular weight excluding hydrogens is 286 g/mol. The van der Waals surface area contributed by atoms with Crippen molar-refractivity contribution in [3.8, 4) is 5.75 Å². The lowest BCUT2D eigenvalue weighted by Crippen LogP contribution is -2.38. The van der Waals surface area contributed by atoms with E-state index in [-0.39, 0.29) is 23.6 Å². The Balaban J connectivity index is 2.45. The molecule has 1 amide bonds. The van der Waals surface area contributed by atoms with Gasteiger partial charge in [-0.25, -0.2) is 0 Å². The summed E-state index contributed by atoms with van der Waals surface area (Å²) in [6.45, 7) is 2.53. The van der Waals surface area contributed by atoms with Gasteiger partial charge in [-0.15, -0.1) is 0 Å². The molecule has 1 aromatic rings. The highest BCUT2D eigenvalue weighted by atomic mass is 79.9. The zero-order valence-corrected chi connectivity index (χ0v) is 11.0. The number of anilines is 1.